The van der Waals surface area contributed by atoms with Crippen LogP contribution in [-0.2, 0) is 10.3 Å². The lowest BCUT2D eigenvalue weighted by Crippen LogP contribution is -2.19. The van der Waals surface area contributed by atoms with Crippen LogP contribution in [0.4, 0.5) is 0 Å². The van der Waals surface area contributed by atoms with E-state index in [9.17, 15) is 4.79 Å². The fourth-order valence-electron chi connectivity index (χ4n) is 1.34. The number of esters is 1. The maximum absolute atomic E-state index is 11.1. The summed E-state index contributed by atoms with van der Waals surface area (Å²) in [5, 5.41) is 0. The predicted molar refractivity (Wildman–Crippen MR) is 50.7 cm³/mol. The van der Waals surface area contributed by atoms with Gasteiger partial charge in [0.05, 0.1) is 7.11 Å². The Morgan fingerprint density at radius 3 is 2.71 bits per heavy atom. The van der Waals surface area contributed by atoms with Crippen LogP contribution < -0.4 is 5.73 Å². The molecule has 0 unspecified atom stereocenters. The lowest BCUT2D eigenvalue weighted by atomic mass is 10.1. The number of hydrogen-bond acceptors (Lipinski definition) is 4. The van der Waals surface area contributed by atoms with Crippen molar-refractivity contribution in [2.24, 2.45) is 5.73 Å². The number of ether oxygens (including phenoxy) is 1. The van der Waals surface area contributed by atoms with Gasteiger partial charge in [-0.3, -0.25) is 0 Å². The Hall–Kier alpha value is -1.42. The zero-order chi connectivity index (χ0) is 10.2. The van der Waals surface area contributed by atoms with Gasteiger partial charge in [-0.1, -0.05) is 6.07 Å². The van der Waals surface area contributed by atoms with E-state index in [1.807, 2.05) is 6.07 Å². The van der Waals surface area contributed by atoms with Crippen molar-refractivity contribution in [1.82, 2.24) is 4.98 Å². The van der Waals surface area contributed by atoms with Gasteiger partial charge in [-0.05, 0) is 24.5 Å². The molecule has 1 saturated carbocycles. The van der Waals surface area contributed by atoms with E-state index in [1.165, 1.54) is 7.11 Å². The molecule has 4 nitrogen and oxygen atoms in total. The van der Waals surface area contributed by atoms with Crippen LogP contribution in [0.15, 0.2) is 18.3 Å². The Labute approximate surface area is 82.1 Å². The number of rotatable bonds is 2. The third-order valence-corrected chi connectivity index (χ3v) is 2.52. The van der Waals surface area contributed by atoms with Crippen molar-refractivity contribution in [2.45, 2.75) is 18.4 Å². The molecule has 0 spiro atoms. The van der Waals surface area contributed by atoms with Gasteiger partial charge in [-0.2, -0.15) is 0 Å². The first-order valence-corrected chi connectivity index (χ1v) is 4.49. The van der Waals surface area contributed by atoms with Crippen LogP contribution in [0.3, 0.4) is 0 Å². The summed E-state index contributed by atoms with van der Waals surface area (Å²) >= 11 is 0. The van der Waals surface area contributed by atoms with E-state index in [4.69, 9.17) is 5.73 Å². The number of aromatic nitrogens is 1. The van der Waals surface area contributed by atoms with E-state index >= 15 is 0 Å². The molecule has 0 radical (unpaired) electrons. The molecule has 1 aromatic rings. The van der Waals surface area contributed by atoms with Crippen LogP contribution in [-0.4, -0.2) is 18.1 Å². The molecule has 14 heavy (non-hydrogen) atoms. The van der Waals surface area contributed by atoms with Gasteiger partial charge in [0.1, 0.15) is 5.69 Å². The quantitative estimate of drug-likeness (QED) is 0.704. The van der Waals surface area contributed by atoms with Crippen molar-refractivity contribution in [1.29, 1.82) is 0 Å². The van der Waals surface area contributed by atoms with Crippen molar-refractivity contribution in [3.05, 3.63) is 29.6 Å². The zero-order valence-electron chi connectivity index (χ0n) is 7.99. The van der Waals surface area contributed by atoms with E-state index in [0.29, 0.717) is 5.69 Å². The molecule has 1 heterocycles. The fraction of sp³-hybridized carbons (Fsp3) is 0.400. The smallest absolute Gasteiger partial charge is 0.356 e. The highest BCUT2D eigenvalue weighted by atomic mass is 16.5. The fourth-order valence-corrected chi connectivity index (χ4v) is 1.34. The summed E-state index contributed by atoms with van der Waals surface area (Å²) in [6, 6.07) is 3.49. The Bertz CT molecular complexity index is 355. The molecule has 0 aromatic carbocycles. The SMILES string of the molecule is COC(=O)c1ccc(C2(N)CC2)cn1. The Morgan fingerprint density at radius 2 is 2.29 bits per heavy atom. The van der Waals surface area contributed by atoms with Crippen molar-refractivity contribution < 1.29 is 9.53 Å². The number of nitrogens with two attached hydrogens (primary N) is 1. The average Bonchev–Trinajstić information content (AvgIpc) is 2.97. The summed E-state index contributed by atoms with van der Waals surface area (Å²) in [7, 11) is 1.34. The monoisotopic (exact) mass is 192 g/mol. The Balaban J connectivity index is 2.22. The number of nitrogens with zero attached hydrogens (tertiary/aromatic N) is 1. The van der Waals surface area contributed by atoms with Crippen LogP contribution in [0.25, 0.3) is 0 Å². The van der Waals surface area contributed by atoms with Crippen molar-refractivity contribution in [3.63, 3.8) is 0 Å². The Kier molecular flexibility index (Phi) is 2.00. The number of hydrogen-bond donors (Lipinski definition) is 1. The Morgan fingerprint density at radius 1 is 1.57 bits per heavy atom. The highest BCUT2D eigenvalue weighted by molar-refractivity contribution is 5.87. The van der Waals surface area contributed by atoms with Gasteiger partial charge < -0.3 is 10.5 Å². The van der Waals surface area contributed by atoms with E-state index in [0.717, 1.165) is 18.4 Å². The van der Waals surface area contributed by atoms with Gasteiger partial charge >= 0.3 is 5.97 Å². The zero-order valence-corrected chi connectivity index (χ0v) is 7.99. The summed E-state index contributed by atoms with van der Waals surface area (Å²) in [4.78, 5) is 15.1. The number of carbonyl (C=O) groups is 1. The van der Waals surface area contributed by atoms with Crippen LogP contribution in [0.1, 0.15) is 28.9 Å². The highest BCUT2D eigenvalue weighted by Gasteiger charge is 2.40. The number of pyridine rings is 1. The van der Waals surface area contributed by atoms with Crippen LogP contribution in [0, 0.1) is 0 Å². The van der Waals surface area contributed by atoms with Crippen LogP contribution in [0.2, 0.25) is 0 Å². The molecule has 0 bridgehead atoms. The van der Waals surface area contributed by atoms with Gasteiger partial charge in [0.25, 0.3) is 0 Å². The maximum atomic E-state index is 11.1. The van der Waals surface area contributed by atoms with Crippen molar-refractivity contribution >= 4 is 5.97 Å². The molecule has 0 atom stereocenters. The van der Waals surface area contributed by atoms with E-state index in [2.05, 4.69) is 9.72 Å². The summed E-state index contributed by atoms with van der Waals surface area (Å²) < 4.78 is 4.54. The van der Waals surface area contributed by atoms with Gasteiger partial charge in [-0.25, -0.2) is 9.78 Å². The summed E-state index contributed by atoms with van der Waals surface area (Å²) in [5.74, 6) is -0.418. The molecule has 2 N–H and O–H groups in total. The minimum absolute atomic E-state index is 0.193. The number of carbonyl (C=O) groups excluding carboxylic acids is 1. The lowest BCUT2D eigenvalue weighted by Gasteiger charge is -2.08. The molecule has 0 amide bonds. The third kappa shape index (κ3) is 1.48. The summed E-state index contributed by atoms with van der Waals surface area (Å²) in [5.41, 5.74) is 7.09. The molecule has 1 aliphatic rings. The molecular formula is C10H12N2O2. The van der Waals surface area contributed by atoms with Gasteiger partial charge in [0.2, 0.25) is 0 Å². The molecular weight excluding hydrogens is 180 g/mol. The molecule has 2 rings (SSSR count). The molecule has 1 aromatic heterocycles. The normalized spacial score (nSPS) is 17.6. The topological polar surface area (TPSA) is 65.2 Å². The standard InChI is InChI=1S/C10H12N2O2/c1-14-9(13)8-3-2-7(6-12-8)10(11)4-5-10/h2-3,6H,4-5,11H2,1H3. The third-order valence-electron chi connectivity index (χ3n) is 2.52. The summed E-state index contributed by atoms with van der Waals surface area (Å²) in [6.07, 6.45) is 3.64. The first-order valence-electron chi connectivity index (χ1n) is 4.49. The molecule has 1 aliphatic carbocycles. The molecule has 4 heteroatoms. The maximum Gasteiger partial charge on any atom is 0.356 e. The van der Waals surface area contributed by atoms with E-state index in [1.54, 1.807) is 12.3 Å². The van der Waals surface area contributed by atoms with Crippen LogP contribution in [0.5, 0.6) is 0 Å². The minimum atomic E-state index is -0.418. The minimum Gasteiger partial charge on any atom is -0.464 e. The number of methoxy groups -OCH3 is 1. The van der Waals surface area contributed by atoms with E-state index < -0.39 is 5.97 Å². The molecule has 0 saturated heterocycles. The molecule has 74 valence electrons. The average molecular weight is 192 g/mol. The second-order valence-electron chi connectivity index (χ2n) is 3.58. The molecule has 0 aliphatic heterocycles. The predicted octanol–water partition coefficient (Wildman–Crippen LogP) is 0.816. The van der Waals surface area contributed by atoms with Crippen LogP contribution >= 0.6 is 0 Å². The second-order valence-corrected chi connectivity index (χ2v) is 3.58. The lowest BCUT2D eigenvalue weighted by molar-refractivity contribution is 0.0594. The molecule has 1 fully saturated rings. The highest BCUT2D eigenvalue weighted by Crippen LogP contribution is 2.42. The van der Waals surface area contributed by atoms with Gasteiger partial charge in [-0.15, -0.1) is 0 Å². The first-order chi connectivity index (χ1) is 6.65. The largest absolute Gasteiger partial charge is 0.464 e. The first kappa shape index (κ1) is 9.15. The second kappa shape index (κ2) is 3.06. The van der Waals surface area contributed by atoms with Gasteiger partial charge in [0.15, 0.2) is 0 Å². The summed E-state index contributed by atoms with van der Waals surface area (Å²) in [6.45, 7) is 0. The van der Waals surface area contributed by atoms with E-state index in [-0.39, 0.29) is 5.54 Å². The van der Waals surface area contributed by atoms with Crippen molar-refractivity contribution in [3.8, 4) is 0 Å². The van der Waals surface area contributed by atoms with Gasteiger partial charge in [0, 0.05) is 11.7 Å². The van der Waals surface area contributed by atoms with Crippen molar-refractivity contribution in [2.75, 3.05) is 7.11 Å².